The van der Waals surface area contributed by atoms with E-state index in [1.807, 2.05) is 12.2 Å². The van der Waals surface area contributed by atoms with Crippen molar-refractivity contribution < 1.29 is 31.5 Å². The second-order valence-electron chi connectivity index (χ2n) is 6.03. The van der Waals surface area contributed by atoms with Crippen LogP contribution in [0.25, 0.3) is 0 Å². The first-order valence-corrected chi connectivity index (χ1v) is 9.42. The molecule has 0 fully saturated rings. The van der Waals surface area contributed by atoms with Gasteiger partial charge in [0.25, 0.3) is 5.91 Å². The van der Waals surface area contributed by atoms with E-state index in [0.717, 1.165) is 12.8 Å². The highest BCUT2D eigenvalue weighted by Crippen LogP contribution is 2.31. The summed E-state index contributed by atoms with van der Waals surface area (Å²) in [6, 6.07) is 3.70. The fourth-order valence-corrected chi connectivity index (χ4v) is 3.74. The van der Waals surface area contributed by atoms with Gasteiger partial charge in [0, 0.05) is 5.69 Å². The van der Waals surface area contributed by atoms with Crippen LogP contribution in [-0.4, -0.2) is 37.0 Å². The summed E-state index contributed by atoms with van der Waals surface area (Å²) in [6.07, 6.45) is -2.96. The Bertz CT molecular complexity index is 727. The van der Waals surface area contributed by atoms with Crippen LogP contribution < -0.4 is 5.32 Å². The highest BCUT2D eigenvalue weighted by atomic mass is 32.2. The van der Waals surface area contributed by atoms with E-state index in [0.29, 0.717) is 18.9 Å². The van der Waals surface area contributed by atoms with E-state index in [1.165, 1.54) is 25.1 Å². The summed E-state index contributed by atoms with van der Waals surface area (Å²) in [7, 11) is -3.50. The predicted octanol–water partition coefficient (Wildman–Crippen LogP) is 3.21. The Morgan fingerprint density at radius 3 is 2.32 bits per heavy atom. The molecule has 0 saturated carbocycles. The lowest BCUT2D eigenvalue weighted by Gasteiger charge is -2.25. The Labute approximate surface area is 145 Å². The number of hydrogen-bond donors (Lipinski definition) is 2. The zero-order valence-corrected chi connectivity index (χ0v) is 15.1. The van der Waals surface area contributed by atoms with Crippen LogP contribution in [0.15, 0.2) is 23.1 Å². The van der Waals surface area contributed by atoms with Crippen LogP contribution in [0.1, 0.15) is 38.7 Å². The molecular formula is C16H22F3NO4S. The molecule has 1 unspecified atom stereocenters. The number of carbonyl (C=O) groups excluding carboxylic acids is 1. The lowest BCUT2D eigenvalue weighted by atomic mass is 10.1. The molecule has 9 heteroatoms. The van der Waals surface area contributed by atoms with Crippen LogP contribution >= 0.6 is 0 Å². The Hall–Kier alpha value is -1.61. The first-order valence-electron chi connectivity index (χ1n) is 7.77. The van der Waals surface area contributed by atoms with E-state index in [9.17, 15) is 31.5 Å². The number of halogens is 3. The quantitative estimate of drug-likeness (QED) is 0.711. The number of benzene rings is 1. The average molecular weight is 381 g/mol. The Morgan fingerprint density at radius 1 is 1.24 bits per heavy atom. The van der Waals surface area contributed by atoms with Gasteiger partial charge in [-0.2, -0.15) is 13.2 Å². The van der Waals surface area contributed by atoms with Crippen LogP contribution in [0.3, 0.4) is 0 Å². The molecule has 1 amide bonds. The van der Waals surface area contributed by atoms with Crippen LogP contribution in [0, 0.1) is 6.92 Å². The zero-order chi connectivity index (χ0) is 19.5. The molecule has 5 nitrogen and oxygen atoms in total. The molecule has 0 aliphatic carbocycles. The third-order valence-corrected chi connectivity index (χ3v) is 5.73. The minimum absolute atomic E-state index is 0.0177. The molecule has 2 N–H and O–H groups in total. The molecular weight excluding hydrogens is 359 g/mol. The van der Waals surface area contributed by atoms with Gasteiger partial charge in [-0.15, -0.1) is 0 Å². The summed E-state index contributed by atoms with van der Waals surface area (Å²) < 4.78 is 62.5. The van der Waals surface area contributed by atoms with Crippen molar-refractivity contribution in [2.45, 2.75) is 56.7 Å². The molecule has 0 bridgehead atoms. The van der Waals surface area contributed by atoms with E-state index >= 15 is 0 Å². The predicted molar refractivity (Wildman–Crippen MR) is 88.1 cm³/mol. The number of aliphatic hydroxyl groups is 1. The SMILES string of the molecule is CCCCCS(=O)(=O)c1ccc(NC(=O)C(C)(O)C(F)(F)F)cc1C. The standard InChI is InChI=1S/C16H22F3NO4S/c1-4-5-6-9-25(23,24)13-8-7-12(10-11(13)2)20-14(21)15(3,22)16(17,18)19/h7-8,10,22H,4-6,9H2,1-3H3,(H,20,21). The third kappa shape index (κ3) is 5.18. The fourth-order valence-electron chi connectivity index (χ4n) is 2.11. The Morgan fingerprint density at radius 2 is 1.84 bits per heavy atom. The molecule has 0 aliphatic heterocycles. The largest absolute Gasteiger partial charge is 0.426 e. The number of hydrogen-bond acceptors (Lipinski definition) is 4. The van der Waals surface area contributed by atoms with Crippen molar-refractivity contribution in [3.63, 3.8) is 0 Å². The molecule has 0 saturated heterocycles. The summed E-state index contributed by atoms with van der Waals surface area (Å²) in [5.74, 6) is -1.66. The van der Waals surface area contributed by atoms with Gasteiger partial charge in [-0.3, -0.25) is 4.79 Å². The summed E-state index contributed by atoms with van der Waals surface area (Å²) in [5, 5.41) is 11.3. The van der Waals surface area contributed by atoms with Crippen molar-refractivity contribution in [3.05, 3.63) is 23.8 Å². The number of rotatable bonds is 7. The zero-order valence-electron chi connectivity index (χ0n) is 14.3. The number of sulfone groups is 1. The maximum atomic E-state index is 12.6. The number of nitrogens with one attached hydrogen (secondary N) is 1. The molecule has 1 atom stereocenters. The maximum Gasteiger partial charge on any atom is 0.426 e. The number of amides is 1. The number of aryl methyl sites for hydroxylation is 1. The van der Waals surface area contributed by atoms with Gasteiger partial charge >= 0.3 is 6.18 Å². The third-order valence-electron chi connectivity index (χ3n) is 3.78. The van der Waals surface area contributed by atoms with Gasteiger partial charge in [-0.1, -0.05) is 19.8 Å². The van der Waals surface area contributed by atoms with Crippen molar-refractivity contribution in [3.8, 4) is 0 Å². The summed E-state index contributed by atoms with van der Waals surface area (Å²) in [4.78, 5) is 11.7. The molecule has 0 radical (unpaired) electrons. The van der Waals surface area contributed by atoms with Crippen molar-refractivity contribution >= 4 is 21.4 Å². The molecule has 0 spiro atoms. The van der Waals surface area contributed by atoms with Gasteiger partial charge in [-0.25, -0.2) is 8.42 Å². The van der Waals surface area contributed by atoms with E-state index in [4.69, 9.17) is 0 Å². The fraction of sp³-hybridized carbons (Fsp3) is 0.562. The van der Waals surface area contributed by atoms with Gasteiger partial charge in [-0.05, 0) is 44.0 Å². The molecule has 0 heterocycles. The molecule has 1 rings (SSSR count). The van der Waals surface area contributed by atoms with Gasteiger partial charge in [0.2, 0.25) is 5.60 Å². The van der Waals surface area contributed by atoms with Gasteiger partial charge in [0.1, 0.15) is 0 Å². The van der Waals surface area contributed by atoms with E-state index in [-0.39, 0.29) is 16.3 Å². The summed E-state index contributed by atoms with van der Waals surface area (Å²) >= 11 is 0. The van der Waals surface area contributed by atoms with Crippen LogP contribution in [0.4, 0.5) is 18.9 Å². The molecule has 1 aromatic rings. The molecule has 0 aromatic heterocycles. The van der Waals surface area contributed by atoms with E-state index in [2.05, 4.69) is 0 Å². The minimum atomic E-state index is -5.13. The molecule has 142 valence electrons. The van der Waals surface area contributed by atoms with Crippen LogP contribution in [-0.2, 0) is 14.6 Å². The topological polar surface area (TPSA) is 83.5 Å². The van der Waals surface area contributed by atoms with Gasteiger partial charge in [0.15, 0.2) is 9.84 Å². The van der Waals surface area contributed by atoms with E-state index < -0.39 is 27.5 Å². The average Bonchev–Trinajstić information content (AvgIpc) is 2.45. The van der Waals surface area contributed by atoms with Crippen molar-refractivity contribution in [2.75, 3.05) is 11.1 Å². The Balaban J connectivity index is 2.98. The molecule has 25 heavy (non-hydrogen) atoms. The first kappa shape index (κ1) is 21.4. The minimum Gasteiger partial charge on any atom is -0.373 e. The summed E-state index contributed by atoms with van der Waals surface area (Å²) in [5.41, 5.74) is -3.27. The second-order valence-corrected chi connectivity index (χ2v) is 8.11. The Kier molecular flexibility index (Phi) is 6.63. The number of carbonyl (C=O) groups is 1. The number of anilines is 1. The van der Waals surface area contributed by atoms with Crippen LogP contribution in [0.5, 0.6) is 0 Å². The molecule has 0 aliphatic rings. The van der Waals surface area contributed by atoms with Gasteiger partial charge in [0.05, 0.1) is 10.6 Å². The van der Waals surface area contributed by atoms with E-state index in [1.54, 1.807) is 0 Å². The lowest BCUT2D eigenvalue weighted by Crippen LogP contribution is -2.52. The van der Waals surface area contributed by atoms with Crippen molar-refractivity contribution in [1.29, 1.82) is 0 Å². The van der Waals surface area contributed by atoms with Crippen LogP contribution in [0.2, 0.25) is 0 Å². The first-order chi connectivity index (χ1) is 11.3. The van der Waals surface area contributed by atoms with Crippen molar-refractivity contribution in [2.24, 2.45) is 0 Å². The highest BCUT2D eigenvalue weighted by molar-refractivity contribution is 7.91. The molecule has 1 aromatic carbocycles. The second kappa shape index (κ2) is 7.74. The monoisotopic (exact) mass is 381 g/mol. The summed E-state index contributed by atoms with van der Waals surface area (Å²) in [6.45, 7) is 3.79. The maximum absolute atomic E-state index is 12.6. The van der Waals surface area contributed by atoms with Crippen molar-refractivity contribution in [1.82, 2.24) is 0 Å². The highest BCUT2D eigenvalue weighted by Gasteiger charge is 2.55. The lowest BCUT2D eigenvalue weighted by molar-refractivity contribution is -0.242. The normalized spacial score (nSPS) is 14.8. The number of unbranched alkanes of at least 4 members (excludes halogenated alkanes) is 2. The smallest absolute Gasteiger partial charge is 0.373 e. The number of alkyl halides is 3. The van der Waals surface area contributed by atoms with Gasteiger partial charge < -0.3 is 10.4 Å².